The maximum atomic E-state index is 12.4. The first kappa shape index (κ1) is 15.0. The van der Waals surface area contributed by atoms with Crippen LogP contribution in [0.15, 0.2) is 79.3 Å². The van der Waals surface area contributed by atoms with Crippen LogP contribution in [0.4, 0.5) is 5.69 Å². The average molecular weight is 326 g/mol. The van der Waals surface area contributed by atoms with E-state index in [0.717, 1.165) is 22.2 Å². The molecule has 5 nitrogen and oxygen atoms in total. The van der Waals surface area contributed by atoms with Crippen LogP contribution in [0.2, 0.25) is 0 Å². The Morgan fingerprint density at radius 3 is 2.56 bits per heavy atom. The molecule has 0 saturated carbocycles. The lowest BCUT2D eigenvalue weighted by atomic mass is 10.1. The zero-order valence-electron chi connectivity index (χ0n) is 13.3. The molecule has 0 aliphatic carbocycles. The van der Waals surface area contributed by atoms with Crippen LogP contribution in [-0.4, -0.2) is 20.9 Å². The standard InChI is InChI=1S/C20H14N4O/c25-20(18-13-21-11-12-22-18)24-17-8-4-7-15-9-10-16(23-19(15)17)14-5-2-1-3-6-14/h1-13H,(H,24,25). The number of hydrogen-bond acceptors (Lipinski definition) is 4. The van der Waals surface area contributed by atoms with Crippen molar-refractivity contribution < 1.29 is 4.79 Å². The molecule has 0 bridgehead atoms. The largest absolute Gasteiger partial charge is 0.319 e. The fraction of sp³-hybridized carbons (Fsp3) is 0. The van der Waals surface area contributed by atoms with Crippen molar-refractivity contribution in [2.45, 2.75) is 0 Å². The summed E-state index contributed by atoms with van der Waals surface area (Å²) in [4.78, 5) is 25.1. The van der Waals surface area contributed by atoms with Gasteiger partial charge in [-0.25, -0.2) is 9.97 Å². The van der Waals surface area contributed by atoms with Crippen LogP contribution in [0.25, 0.3) is 22.2 Å². The number of aromatic nitrogens is 3. The molecule has 0 unspecified atom stereocenters. The highest BCUT2D eigenvalue weighted by Gasteiger charge is 2.11. The van der Waals surface area contributed by atoms with E-state index in [1.165, 1.54) is 18.6 Å². The van der Waals surface area contributed by atoms with Gasteiger partial charge in [-0.05, 0) is 12.1 Å². The van der Waals surface area contributed by atoms with Gasteiger partial charge < -0.3 is 5.32 Å². The molecule has 2 aromatic carbocycles. The molecule has 1 amide bonds. The second-order valence-corrected chi connectivity index (χ2v) is 5.48. The molecule has 4 aromatic rings. The molecule has 0 saturated heterocycles. The molecular weight excluding hydrogens is 312 g/mol. The van der Waals surface area contributed by atoms with Crippen molar-refractivity contribution in [3.8, 4) is 11.3 Å². The molecule has 0 aliphatic rings. The number of pyridine rings is 1. The van der Waals surface area contributed by atoms with Crippen LogP contribution in [-0.2, 0) is 0 Å². The highest BCUT2D eigenvalue weighted by molar-refractivity contribution is 6.07. The predicted molar refractivity (Wildman–Crippen MR) is 97.2 cm³/mol. The number of carbonyl (C=O) groups excluding carboxylic acids is 1. The Kier molecular flexibility index (Phi) is 3.88. The van der Waals surface area contributed by atoms with Crippen molar-refractivity contribution in [3.63, 3.8) is 0 Å². The molecule has 0 spiro atoms. The smallest absolute Gasteiger partial charge is 0.275 e. The average Bonchev–Trinajstić information content (AvgIpc) is 2.69. The Morgan fingerprint density at radius 2 is 1.76 bits per heavy atom. The lowest BCUT2D eigenvalue weighted by Gasteiger charge is -2.09. The van der Waals surface area contributed by atoms with Gasteiger partial charge in [-0.1, -0.05) is 48.5 Å². The number of benzene rings is 2. The second kappa shape index (κ2) is 6.49. The summed E-state index contributed by atoms with van der Waals surface area (Å²) in [6, 6.07) is 19.6. The zero-order valence-corrected chi connectivity index (χ0v) is 13.3. The summed E-state index contributed by atoms with van der Waals surface area (Å²) in [5.74, 6) is -0.312. The van der Waals surface area contributed by atoms with Crippen LogP contribution in [0.1, 0.15) is 10.5 Å². The Bertz CT molecular complexity index is 1030. The lowest BCUT2D eigenvalue weighted by Crippen LogP contribution is -2.14. The van der Waals surface area contributed by atoms with E-state index >= 15 is 0 Å². The number of rotatable bonds is 3. The first-order valence-corrected chi connectivity index (χ1v) is 7.84. The van der Waals surface area contributed by atoms with Crippen LogP contribution >= 0.6 is 0 Å². The molecule has 0 radical (unpaired) electrons. The lowest BCUT2D eigenvalue weighted by molar-refractivity contribution is 0.102. The molecule has 2 aromatic heterocycles. The summed E-state index contributed by atoms with van der Waals surface area (Å²) in [6.07, 6.45) is 4.45. The van der Waals surface area contributed by atoms with Gasteiger partial charge in [0.15, 0.2) is 0 Å². The summed E-state index contributed by atoms with van der Waals surface area (Å²) >= 11 is 0. The van der Waals surface area contributed by atoms with Gasteiger partial charge in [-0.2, -0.15) is 0 Å². The van der Waals surface area contributed by atoms with Crippen molar-refractivity contribution in [1.29, 1.82) is 0 Å². The predicted octanol–water partition coefficient (Wildman–Crippen LogP) is 3.94. The summed E-state index contributed by atoms with van der Waals surface area (Å²) in [5, 5.41) is 3.83. The van der Waals surface area contributed by atoms with E-state index in [1.807, 2.05) is 60.7 Å². The van der Waals surface area contributed by atoms with E-state index in [9.17, 15) is 4.79 Å². The molecule has 2 heterocycles. The Labute approximate surface area is 144 Å². The van der Waals surface area contributed by atoms with Crippen molar-refractivity contribution in [1.82, 2.24) is 15.0 Å². The van der Waals surface area contributed by atoms with Gasteiger partial charge in [-0.3, -0.25) is 9.78 Å². The number of nitrogens with one attached hydrogen (secondary N) is 1. The van der Waals surface area contributed by atoms with Crippen LogP contribution in [0.5, 0.6) is 0 Å². The quantitative estimate of drug-likeness (QED) is 0.619. The first-order valence-electron chi connectivity index (χ1n) is 7.84. The summed E-state index contributed by atoms with van der Waals surface area (Å²) in [5.41, 5.74) is 3.53. The van der Waals surface area contributed by atoms with E-state index in [0.29, 0.717) is 5.69 Å². The van der Waals surface area contributed by atoms with Gasteiger partial charge in [0.25, 0.3) is 5.91 Å². The third kappa shape index (κ3) is 3.07. The summed E-state index contributed by atoms with van der Waals surface area (Å²) in [6.45, 7) is 0. The van der Waals surface area contributed by atoms with E-state index < -0.39 is 0 Å². The molecule has 0 fully saturated rings. The van der Waals surface area contributed by atoms with Crippen LogP contribution in [0, 0.1) is 0 Å². The van der Waals surface area contributed by atoms with Gasteiger partial charge >= 0.3 is 0 Å². The molecule has 25 heavy (non-hydrogen) atoms. The topological polar surface area (TPSA) is 67.8 Å². The highest BCUT2D eigenvalue weighted by Crippen LogP contribution is 2.26. The third-order valence-electron chi connectivity index (χ3n) is 3.83. The van der Waals surface area contributed by atoms with Crippen molar-refractivity contribution in [3.05, 3.63) is 84.9 Å². The fourth-order valence-electron chi connectivity index (χ4n) is 2.62. The normalized spacial score (nSPS) is 10.6. The van der Waals surface area contributed by atoms with Crippen LogP contribution < -0.4 is 5.32 Å². The second-order valence-electron chi connectivity index (χ2n) is 5.48. The monoisotopic (exact) mass is 326 g/mol. The van der Waals surface area contributed by atoms with Crippen molar-refractivity contribution in [2.75, 3.05) is 5.32 Å². The molecule has 0 atom stereocenters. The molecule has 1 N–H and O–H groups in total. The third-order valence-corrected chi connectivity index (χ3v) is 3.83. The number of hydrogen-bond donors (Lipinski definition) is 1. The van der Waals surface area contributed by atoms with E-state index in [-0.39, 0.29) is 11.6 Å². The molecule has 4 rings (SSSR count). The molecule has 120 valence electrons. The molecule has 0 aliphatic heterocycles. The Morgan fingerprint density at radius 1 is 0.880 bits per heavy atom. The number of nitrogens with zero attached hydrogens (tertiary/aromatic N) is 3. The van der Waals surface area contributed by atoms with E-state index in [2.05, 4.69) is 15.3 Å². The maximum absolute atomic E-state index is 12.4. The fourth-order valence-corrected chi connectivity index (χ4v) is 2.62. The number of para-hydroxylation sites is 1. The minimum atomic E-state index is -0.312. The maximum Gasteiger partial charge on any atom is 0.275 e. The summed E-state index contributed by atoms with van der Waals surface area (Å²) in [7, 11) is 0. The minimum Gasteiger partial charge on any atom is -0.319 e. The van der Waals surface area contributed by atoms with Gasteiger partial charge in [-0.15, -0.1) is 0 Å². The van der Waals surface area contributed by atoms with E-state index in [1.54, 1.807) is 0 Å². The zero-order chi connectivity index (χ0) is 17.1. The van der Waals surface area contributed by atoms with Gasteiger partial charge in [0.05, 0.1) is 23.1 Å². The van der Waals surface area contributed by atoms with E-state index in [4.69, 9.17) is 4.98 Å². The Hall–Kier alpha value is -3.60. The number of fused-ring (bicyclic) bond motifs is 1. The van der Waals surface area contributed by atoms with Gasteiger partial charge in [0, 0.05) is 23.3 Å². The van der Waals surface area contributed by atoms with Gasteiger partial charge in [0.1, 0.15) is 5.69 Å². The molecule has 5 heteroatoms. The summed E-state index contributed by atoms with van der Waals surface area (Å²) < 4.78 is 0. The van der Waals surface area contributed by atoms with Crippen molar-refractivity contribution in [2.24, 2.45) is 0 Å². The SMILES string of the molecule is O=C(Nc1cccc2ccc(-c3ccccc3)nc12)c1cnccn1. The number of carbonyl (C=O) groups is 1. The van der Waals surface area contributed by atoms with Crippen molar-refractivity contribution >= 4 is 22.5 Å². The highest BCUT2D eigenvalue weighted by atomic mass is 16.1. The molecular formula is C20H14N4O. The number of anilines is 1. The minimum absolute atomic E-state index is 0.263. The van der Waals surface area contributed by atoms with Crippen LogP contribution in [0.3, 0.4) is 0 Å². The number of amides is 1. The Balaban J connectivity index is 1.75. The van der Waals surface area contributed by atoms with Gasteiger partial charge in [0.2, 0.25) is 0 Å². The first-order chi connectivity index (χ1) is 12.3.